The molecule has 0 spiro atoms. The molecule has 0 bridgehead atoms. The van der Waals surface area contributed by atoms with Gasteiger partial charge in [-0.1, -0.05) is 43.3 Å². The molecule has 2 N–H and O–H groups in total. The number of rotatable bonds is 5. The van der Waals surface area contributed by atoms with E-state index in [1.807, 2.05) is 49.2 Å². The van der Waals surface area contributed by atoms with Crippen LogP contribution in [0, 0.1) is 6.92 Å². The van der Waals surface area contributed by atoms with Gasteiger partial charge < -0.3 is 15.1 Å². The van der Waals surface area contributed by atoms with Crippen LogP contribution >= 0.6 is 0 Å². The lowest BCUT2D eigenvalue weighted by Gasteiger charge is -2.25. The van der Waals surface area contributed by atoms with Crippen LogP contribution in [0.3, 0.4) is 0 Å². The Labute approximate surface area is 154 Å². The van der Waals surface area contributed by atoms with Crippen molar-refractivity contribution in [2.24, 2.45) is 0 Å². The van der Waals surface area contributed by atoms with Crippen LogP contribution in [0.25, 0.3) is 22.0 Å². The standard InChI is InChI=1S/C22H26N2O2/c1-5-15-12-14(3)20-17(13-15)18(16-10-8-7-9-11-16)19(22(25)26)21(23-20)24(4)6-2/h7-13,22,25-26H,5-6H2,1-4H3. The highest BCUT2D eigenvalue weighted by Gasteiger charge is 2.23. The molecule has 0 atom stereocenters. The topological polar surface area (TPSA) is 56.6 Å². The molecule has 0 unspecified atom stereocenters. The number of aromatic nitrogens is 1. The Bertz CT molecular complexity index is 921. The molecule has 0 saturated carbocycles. The fourth-order valence-electron chi connectivity index (χ4n) is 3.42. The highest BCUT2D eigenvalue weighted by molar-refractivity contribution is 6.00. The van der Waals surface area contributed by atoms with E-state index in [2.05, 4.69) is 26.0 Å². The fraction of sp³-hybridized carbons (Fsp3) is 0.318. The number of nitrogens with zero attached hydrogens (tertiary/aromatic N) is 2. The smallest absolute Gasteiger partial charge is 0.182 e. The maximum atomic E-state index is 10.2. The van der Waals surface area contributed by atoms with Crippen LogP contribution in [0.2, 0.25) is 0 Å². The Morgan fingerprint density at radius 1 is 1.08 bits per heavy atom. The molecule has 0 aliphatic rings. The van der Waals surface area contributed by atoms with Gasteiger partial charge in [-0.25, -0.2) is 4.98 Å². The molecular formula is C22H26N2O2. The first kappa shape index (κ1) is 18.4. The average Bonchev–Trinajstić information content (AvgIpc) is 2.66. The highest BCUT2D eigenvalue weighted by Crippen LogP contribution is 2.40. The largest absolute Gasteiger partial charge is 0.364 e. The van der Waals surface area contributed by atoms with Gasteiger partial charge in [-0.15, -0.1) is 0 Å². The molecular weight excluding hydrogens is 324 g/mol. The summed E-state index contributed by atoms with van der Waals surface area (Å²) in [6.45, 7) is 6.93. The van der Waals surface area contributed by atoms with Gasteiger partial charge in [0.1, 0.15) is 5.82 Å². The predicted molar refractivity (Wildman–Crippen MR) is 107 cm³/mol. The van der Waals surface area contributed by atoms with Crippen LogP contribution < -0.4 is 4.90 Å². The van der Waals surface area contributed by atoms with Crippen LogP contribution in [0.1, 0.15) is 36.8 Å². The van der Waals surface area contributed by atoms with Crippen molar-refractivity contribution in [1.29, 1.82) is 0 Å². The van der Waals surface area contributed by atoms with Crippen molar-refractivity contribution in [2.45, 2.75) is 33.5 Å². The summed E-state index contributed by atoms with van der Waals surface area (Å²) in [5.74, 6) is 0.612. The van der Waals surface area contributed by atoms with Crippen LogP contribution in [-0.4, -0.2) is 28.8 Å². The van der Waals surface area contributed by atoms with E-state index in [9.17, 15) is 10.2 Å². The van der Waals surface area contributed by atoms with Crippen molar-refractivity contribution in [2.75, 3.05) is 18.5 Å². The van der Waals surface area contributed by atoms with E-state index in [0.29, 0.717) is 11.4 Å². The third-order valence-corrected chi connectivity index (χ3v) is 4.92. The molecule has 3 rings (SSSR count). The number of hydrogen-bond donors (Lipinski definition) is 2. The maximum absolute atomic E-state index is 10.2. The summed E-state index contributed by atoms with van der Waals surface area (Å²) < 4.78 is 0. The van der Waals surface area contributed by atoms with Gasteiger partial charge in [0.05, 0.1) is 11.1 Å². The molecule has 4 heteroatoms. The van der Waals surface area contributed by atoms with E-state index in [1.165, 1.54) is 5.56 Å². The number of aliphatic hydroxyl groups is 2. The van der Waals surface area contributed by atoms with Gasteiger partial charge in [0.15, 0.2) is 6.29 Å². The quantitative estimate of drug-likeness (QED) is 0.677. The molecule has 1 aromatic heterocycles. The Kier molecular flexibility index (Phi) is 5.25. The minimum absolute atomic E-state index is 0.459. The van der Waals surface area contributed by atoms with Crippen molar-refractivity contribution in [3.8, 4) is 11.1 Å². The second-order valence-electron chi connectivity index (χ2n) is 6.64. The number of pyridine rings is 1. The molecule has 0 saturated heterocycles. The summed E-state index contributed by atoms with van der Waals surface area (Å²) in [5.41, 5.74) is 5.48. The fourth-order valence-corrected chi connectivity index (χ4v) is 3.42. The molecule has 4 nitrogen and oxygen atoms in total. The minimum atomic E-state index is -1.60. The lowest BCUT2D eigenvalue weighted by atomic mass is 9.92. The molecule has 1 heterocycles. The van der Waals surface area contributed by atoms with Crippen molar-refractivity contribution >= 4 is 16.7 Å². The lowest BCUT2D eigenvalue weighted by Crippen LogP contribution is -2.21. The molecule has 0 aliphatic carbocycles. The van der Waals surface area contributed by atoms with Gasteiger partial charge in [0.25, 0.3) is 0 Å². The van der Waals surface area contributed by atoms with E-state index in [4.69, 9.17) is 4.98 Å². The molecule has 2 aromatic carbocycles. The second-order valence-corrected chi connectivity index (χ2v) is 6.64. The number of aliphatic hydroxyl groups excluding tert-OH is 1. The summed E-state index contributed by atoms with van der Waals surface area (Å²) >= 11 is 0. The van der Waals surface area contributed by atoms with Gasteiger partial charge in [0.2, 0.25) is 0 Å². The number of aryl methyl sites for hydroxylation is 2. The first-order valence-corrected chi connectivity index (χ1v) is 9.07. The van der Waals surface area contributed by atoms with Crippen LogP contribution in [-0.2, 0) is 6.42 Å². The summed E-state index contributed by atoms with van der Waals surface area (Å²) in [6, 6.07) is 14.2. The van der Waals surface area contributed by atoms with Crippen LogP contribution in [0.5, 0.6) is 0 Å². The number of fused-ring (bicyclic) bond motifs is 1. The predicted octanol–water partition coefficient (Wildman–Crippen LogP) is 4.21. The van der Waals surface area contributed by atoms with Crippen molar-refractivity contribution < 1.29 is 10.2 Å². The highest BCUT2D eigenvalue weighted by atomic mass is 16.5. The lowest BCUT2D eigenvalue weighted by molar-refractivity contribution is -0.0417. The maximum Gasteiger partial charge on any atom is 0.182 e. The average molecular weight is 350 g/mol. The first-order valence-electron chi connectivity index (χ1n) is 9.07. The Morgan fingerprint density at radius 3 is 2.35 bits per heavy atom. The summed E-state index contributed by atoms with van der Waals surface area (Å²) in [7, 11) is 1.92. The SMILES string of the molecule is CCc1cc(C)c2nc(N(C)CC)c(C(O)O)c(-c3ccccc3)c2c1. The summed E-state index contributed by atoms with van der Waals surface area (Å²) in [6.07, 6.45) is -0.685. The van der Waals surface area contributed by atoms with Crippen LogP contribution in [0.15, 0.2) is 42.5 Å². The summed E-state index contributed by atoms with van der Waals surface area (Å²) in [5, 5.41) is 21.4. The molecule has 0 radical (unpaired) electrons. The van der Waals surface area contributed by atoms with Gasteiger partial charge in [0, 0.05) is 24.5 Å². The number of hydrogen-bond acceptors (Lipinski definition) is 4. The van der Waals surface area contributed by atoms with Gasteiger partial charge in [-0.2, -0.15) is 0 Å². The minimum Gasteiger partial charge on any atom is -0.364 e. The molecule has 26 heavy (non-hydrogen) atoms. The van der Waals surface area contributed by atoms with Gasteiger partial charge >= 0.3 is 0 Å². The molecule has 0 fully saturated rings. The Morgan fingerprint density at radius 2 is 1.77 bits per heavy atom. The Hall–Kier alpha value is -2.43. The monoisotopic (exact) mass is 350 g/mol. The van der Waals surface area contributed by atoms with Gasteiger partial charge in [-0.05, 0) is 43.0 Å². The number of anilines is 1. The van der Waals surface area contributed by atoms with E-state index in [1.54, 1.807) is 0 Å². The van der Waals surface area contributed by atoms with E-state index < -0.39 is 6.29 Å². The molecule has 3 aromatic rings. The zero-order chi connectivity index (χ0) is 18.8. The Balaban J connectivity index is 2.52. The van der Waals surface area contributed by atoms with Crippen LogP contribution in [0.4, 0.5) is 5.82 Å². The summed E-state index contributed by atoms with van der Waals surface area (Å²) in [4.78, 5) is 6.79. The van der Waals surface area contributed by atoms with Crippen molar-refractivity contribution in [1.82, 2.24) is 4.98 Å². The van der Waals surface area contributed by atoms with Crippen molar-refractivity contribution in [3.05, 3.63) is 59.2 Å². The van der Waals surface area contributed by atoms with E-state index in [-0.39, 0.29) is 0 Å². The molecule has 136 valence electrons. The number of benzene rings is 2. The normalized spacial score (nSPS) is 11.3. The zero-order valence-electron chi connectivity index (χ0n) is 15.8. The molecule has 0 aliphatic heterocycles. The third kappa shape index (κ3) is 3.18. The van der Waals surface area contributed by atoms with Gasteiger partial charge in [-0.3, -0.25) is 0 Å². The zero-order valence-corrected chi connectivity index (χ0v) is 15.8. The van der Waals surface area contributed by atoms with E-state index >= 15 is 0 Å². The third-order valence-electron chi connectivity index (χ3n) is 4.92. The first-order chi connectivity index (χ1) is 12.5. The van der Waals surface area contributed by atoms with Crippen molar-refractivity contribution in [3.63, 3.8) is 0 Å². The molecule has 0 amide bonds. The van der Waals surface area contributed by atoms with E-state index in [0.717, 1.165) is 40.6 Å². The second kappa shape index (κ2) is 7.44.